The van der Waals surface area contributed by atoms with Gasteiger partial charge in [-0.15, -0.1) is 11.3 Å². The number of halogens is 2. The second-order valence-electron chi connectivity index (χ2n) is 6.61. The molecule has 5 nitrogen and oxygen atoms in total. The molecule has 1 aliphatic heterocycles. The maximum Gasteiger partial charge on any atom is 0.263 e. The van der Waals surface area contributed by atoms with Gasteiger partial charge < -0.3 is 4.90 Å². The molecular weight excluding hydrogens is 494 g/mol. The fourth-order valence-corrected chi connectivity index (χ4v) is 5.09. The summed E-state index contributed by atoms with van der Waals surface area (Å²) < 4.78 is 3.31. The van der Waals surface area contributed by atoms with Gasteiger partial charge in [0.2, 0.25) is 5.91 Å². The Hall–Kier alpha value is -1.51. The third-order valence-corrected chi connectivity index (χ3v) is 7.72. The Bertz CT molecular complexity index is 1100. The first-order chi connectivity index (χ1) is 13.0. The number of rotatable bonds is 3. The minimum Gasteiger partial charge on any atom is -0.341 e. The molecule has 1 amide bonds. The van der Waals surface area contributed by atoms with Gasteiger partial charge in [-0.25, -0.2) is 4.98 Å². The molecule has 1 fully saturated rings. The zero-order valence-electron chi connectivity index (χ0n) is 14.7. The number of carbonyl (C=O) groups is 1. The van der Waals surface area contributed by atoms with Crippen molar-refractivity contribution in [1.82, 2.24) is 14.5 Å². The molecule has 0 bridgehead atoms. The van der Waals surface area contributed by atoms with E-state index >= 15 is 0 Å². The van der Waals surface area contributed by atoms with Crippen LogP contribution >= 0.6 is 43.2 Å². The number of nitrogens with zero attached hydrogens (tertiary/aromatic N) is 3. The van der Waals surface area contributed by atoms with Gasteiger partial charge in [0.25, 0.3) is 5.56 Å². The largest absolute Gasteiger partial charge is 0.341 e. The standard InChI is InChI=1S/C19H17Br2N3O2S/c1-11-16(12-4-5-13(20)14(21)8-12)17-18(27-11)22-10-24(19(17)26)9-15(25)23-6-2-3-7-23/h4-5,8,10H,2-3,6-7,9H2,1H3. The Labute approximate surface area is 177 Å². The van der Waals surface area contributed by atoms with Gasteiger partial charge in [-0.3, -0.25) is 14.2 Å². The number of thiophene rings is 1. The van der Waals surface area contributed by atoms with E-state index in [4.69, 9.17) is 0 Å². The summed E-state index contributed by atoms with van der Waals surface area (Å²) in [5, 5.41) is 0.587. The van der Waals surface area contributed by atoms with Crippen molar-refractivity contribution in [3.63, 3.8) is 0 Å². The van der Waals surface area contributed by atoms with Crippen molar-refractivity contribution < 1.29 is 4.79 Å². The van der Waals surface area contributed by atoms with Crippen LogP contribution in [0.15, 0.2) is 38.3 Å². The van der Waals surface area contributed by atoms with E-state index in [9.17, 15) is 9.59 Å². The highest BCUT2D eigenvalue weighted by atomic mass is 79.9. The molecule has 1 aliphatic rings. The summed E-state index contributed by atoms with van der Waals surface area (Å²) in [6.45, 7) is 3.59. The van der Waals surface area contributed by atoms with E-state index in [0.29, 0.717) is 10.2 Å². The fourth-order valence-electron chi connectivity index (χ4n) is 3.46. The number of hydrogen-bond donors (Lipinski definition) is 0. The van der Waals surface area contributed by atoms with Crippen molar-refractivity contribution in [1.29, 1.82) is 0 Å². The van der Waals surface area contributed by atoms with Crippen LogP contribution in [-0.4, -0.2) is 33.4 Å². The Balaban J connectivity index is 1.81. The Kier molecular flexibility index (Phi) is 5.22. The Morgan fingerprint density at radius 2 is 1.96 bits per heavy atom. The Morgan fingerprint density at radius 1 is 1.22 bits per heavy atom. The third-order valence-electron chi connectivity index (χ3n) is 4.83. The molecule has 0 N–H and O–H groups in total. The average molecular weight is 511 g/mol. The maximum atomic E-state index is 13.2. The number of aromatic nitrogens is 2. The molecule has 27 heavy (non-hydrogen) atoms. The molecule has 0 radical (unpaired) electrons. The van der Waals surface area contributed by atoms with Crippen LogP contribution < -0.4 is 5.56 Å². The minimum atomic E-state index is -0.161. The molecule has 0 spiro atoms. The summed E-state index contributed by atoms with van der Waals surface area (Å²) in [5.74, 6) is -0.0179. The lowest BCUT2D eigenvalue weighted by Gasteiger charge is -2.15. The molecule has 0 unspecified atom stereocenters. The summed E-state index contributed by atoms with van der Waals surface area (Å²) in [4.78, 5) is 33.7. The predicted octanol–water partition coefficient (Wildman–Crippen LogP) is 4.58. The normalized spacial score (nSPS) is 14.3. The third kappa shape index (κ3) is 3.50. The molecule has 8 heteroatoms. The molecule has 0 saturated carbocycles. The topological polar surface area (TPSA) is 55.2 Å². The summed E-state index contributed by atoms with van der Waals surface area (Å²) in [5.41, 5.74) is 1.69. The van der Waals surface area contributed by atoms with Crippen LogP contribution in [0.2, 0.25) is 0 Å². The number of likely N-dealkylation sites (tertiary alicyclic amines) is 1. The van der Waals surface area contributed by atoms with E-state index in [2.05, 4.69) is 36.8 Å². The zero-order chi connectivity index (χ0) is 19.1. The van der Waals surface area contributed by atoms with Gasteiger partial charge >= 0.3 is 0 Å². The van der Waals surface area contributed by atoms with Crippen LogP contribution in [-0.2, 0) is 11.3 Å². The van der Waals surface area contributed by atoms with Crippen molar-refractivity contribution in [3.8, 4) is 11.1 Å². The van der Waals surface area contributed by atoms with Crippen LogP contribution in [0, 0.1) is 6.92 Å². The summed E-state index contributed by atoms with van der Waals surface area (Å²) in [6, 6.07) is 5.92. The van der Waals surface area contributed by atoms with Crippen molar-refractivity contribution in [2.45, 2.75) is 26.3 Å². The lowest BCUT2D eigenvalue weighted by molar-refractivity contribution is -0.130. The van der Waals surface area contributed by atoms with Gasteiger partial charge in [0.05, 0.1) is 11.7 Å². The molecule has 140 valence electrons. The van der Waals surface area contributed by atoms with E-state index in [1.807, 2.05) is 30.0 Å². The van der Waals surface area contributed by atoms with Crippen LogP contribution in [0.5, 0.6) is 0 Å². The second-order valence-corrected chi connectivity index (χ2v) is 9.52. The summed E-state index contributed by atoms with van der Waals surface area (Å²) in [6.07, 6.45) is 3.56. The molecule has 0 aliphatic carbocycles. The molecule has 1 aromatic carbocycles. The number of carbonyl (C=O) groups excluding carboxylic acids is 1. The van der Waals surface area contributed by atoms with Crippen LogP contribution in [0.3, 0.4) is 0 Å². The van der Waals surface area contributed by atoms with E-state index in [-0.39, 0.29) is 18.0 Å². The number of aryl methyl sites for hydroxylation is 1. The zero-order valence-corrected chi connectivity index (χ0v) is 18.7. The quantitative estimate of drug-likeness (QED) is 0.518. The van der Waals surface area contributed by atoms with Gasteiger partial charge in [-0.05, 0) is 69.3 Å². The van der Waals surface area contributed by atoms with Gasteiger partial charge in [0, 0.05) is 32.5 Å². The Morgan fingerprint density at radius 3 is 2.67 bits per heavy atom. The fraction of sp³-hybridized carbons (Fsp3) is 0.316. The van der Waals surface area contributed by atoms with Gasteiger partial charge in [0.15, 0.2) is 0 Å². The molecule has 1 saturated heterocycles. The van der Waals surface area contributed by atoms with Gasteiger partial charge in [-0.2, -0.15) is 0 Å². The van der Waals surface area contributed by atoms with Crippen molar-refractivity contribution in [2.75, 3.05) is 13.1 Å². The first-order valence-corrected chi connectivity index (χ1v) is 11.1. The van der Waals surface area contributed by atoms with Crippen LogP contribution in [0.4, 0.5) is 0 Å². The monoisotopic (exact) mass is 509 g/mol. The first-order valence-electron chi connectivity index (χ1n) is 8.67. The minimum absolute atomic E-state index is 0.0179. The highest BCUT2D eigenvalue weighted by Crippen LogP contribution is 2.37. The summed E-state index contributed by atoms with van der Waals surface area (Å²) in [7, 11) is 0. The van der Waals surface area contributed by atoms with Crippen molar-refractivity contribution >= 4 is 59.3 Å². The van der Waals surface area contributed by atoms with Gasteiger partial charge in [-0.1, -0.05) is 6.07 Å². The number of benzene rings is 1. The predicted molar refractivity (Wildman–Crippen MR) is 115 cm³/mol. The second kappa shape index (κ2) is 7.48. The molecule has 3 aromatic rings. The number of hydrogen-bond acceptors (Lipinski definition) is 4. The molecule has 0 atom stereocenters. The van der Waals surface area contributed by atoms with Gasteiger partial charge in [0.1, 0.15) is 11.4 Å². The maximum absolute atomic E-state index is 13.2. The lowest BCUT2D eigenvalue weighted by Crippen LogP contribution is -2.34. The highest BCUT2D eigenvalue weighted by molar-refractivity contribution is 9.13. The first kappa shape index (κ1) is 18.8. The molecule has 3 heterocycles. The van der Waals surface area contributed by atoms with E-state index in [0.717, 1.165) is 50.9 Å². The van der Waals surface area contributed by atoms with Crippen molar-refractivity contribution in [3.05, 3.63) is 48.7 Å². The van der Waals surface area contributed by atoms with E-state index in [1.54, 1.807) is 0 Å². The molecular formula is C19H17Br2N3O2S. The summed E-state index contributed by atoms with van der Waals surface area (Å²) >= 11 is 8.52. The average Bonchev–Trinajstić information content (AvgIpc) is 3.28. The number of fused-ring (bicyclic) bond motifs is 1. The smallest absolute Gasteiger partial charge is 0.263 e. The van der Waals surface area contributed by atoms with Crippen LogP contribution in [0.1, 0.15) is 17.7 Å². The van der Waals surface area contributed by atoms with E-state index in [1.165, 1.54) is 22.2 Å². The molecule has 2 aromatic heterocycles. The molecule has 4 rings (SSSR count). The van der Waals surface area contributed by atoms with E-state index < -0.39 is 0 Å². The lowest BCUT2D eigenvalue weighted by atomic mass is 10.0. The van der Waals surface area contributed by atoms with Crippen LogP contribution in [0.25, 0.3) is 21.3 Å². The number of amides is 1. The highest BCUT2D eigenvalue weighted by Gasteiger charge is 2.21. The van der Waals surface area contributed by atoms with Crippen molar-refractivity contribution in [2.24, 2.45) is 0 Å². The SMILES string of the molecule is Cc1sc2ncn(CC(=O)N3CCCC3)c(=O)c2c1-c1ccc(Br)c(Br)c1.